The molecule has 0 saturated heterocycles. The average molecular weight is 739 g/mol. The third-order valence-corrected chi connectivity index (χ3v) is 12.3. The van der Waals surface area contributed by atoms with E-state index in [1.165, 1.54) is 87.2 Å². The molecule has 0 saturated carbocycles. The first-order chi connectivity index (χ1) is 28.8. The highest BCUT2D eigenvalue weighted by Crippen LogP contribution is 2.40. The molecule has 0 amide bonds. The summed E-state index contributed by atoms with van der Waals surface area (Å²) < 4.78 is 9.71. The van der Waals surface area contributed by atoms with E-state index in [1.54, 1.807) is 0 Å². The van der Waals surface area contributed by atoms with E-state index in [1.807, 2.05) is 0 Å². The van der Waals surface area contributed by atoms with Crippen molar-refractivity contribution >= 4 is 87.2 Å². The van der Waals surface area contributed by atoms with Crippen LogP contribution in [0.5, 0.6) is 0 Å². The van der Waals surface area contributed by atoms with Crippen LogP contribution in [0.2, 0.25) is 0 Å². The van der Waals surface area contributed by atoms with Gasteiger partial charge in [0.2, 0.25) is 0 Å². The van der Waals surface area contributed by atoms with Crippen molar-refractivity contribution in [2.24, 2.45) is 0 Å². The topological polar surface area (TPSA) is 19.7 Å². The van der Waals surface area contributed by atoms with Gasteiger partial charge in [-0.3, -0.25) is 0 Å². The van der Waals surface area contributed by atoms with E-state index in [4.69, 9.17) is 0 Å². The maximum atomic E-state index is 2.45. The summed E-state index contributed by atoms with van der Waals surface area (Å²) in [4.78, 5) is 0. The average Bonchev–Trinajstić information content (AvgIpc) is 4.01. The van der Waals surface area contributed by atoms with E-state index in [2.05, 4.69) is 225 Å². The van der Waals surface area contributed by atoms with Gasteiger partial charge in [-0.1, -0.05) is 121 Å². The van der Waals surface area contributed by atoms with Crippen LogP contribution in [-0.2, 0) is 0 Å². The van der Waals surface area contributed by atoms with Crippen LogP contribution in [-0.4, -0.2) is 18.3 Å². The van der Waals surface area contributed by atoms with Gasteiger partial charge in [0.05, 0.1) is 44.1 Å². The maximum Gasteiger partial charge on any atom is 0.0561 e. The summed E-state index contributed by atoms with van der Waals surface area (Å²) in [7, 11) is 0. The quantitative estimate of drug-likeness (QED) is 0.171. The van der Waals surface area contributed by atoms with Crippen molar-refractivity contribution in [2.75, 3.05) is 0 Å². The van der Waals surface area contributed by atoms with Gasteiger partial charge in [-0.15, -0.1) is 0 Å². The molecule has 0 atom stereocenters. The van der Waals surface area contributed by atoms with Crippen LogP contribution >= 0.6 is 0 Å². The number of hydrogen-bond acceptors (Lipinski definition) is 0. The van der Waals surface area contributed by atoms with Crippen molar-refractivity contribution in [3.05, 3.63) is 206 Å². The van der Waals surface area contributed by atoms with Gasteiger partial charge in [0.1, 0.15) is 0 Å². The zero-order valence-electron chi connectivity index (χ0n) is 31.4. The monoisotopic (exact) mass is 738 g/mol. The second-order valence-corrected chi connectivity index (χ2v) is 15.4. The van der Waals surface area contributed by atoms with Gasteiger partial charge in [-0.25, -0.2) is 0 Å². The van der Waals surface area contributed by atoms with E-state index in [-0.39, 0.29) is 0 Å². The molecule has 0 aliphatic rings. The zero-order valence-corrected chi connectivity index (χ0v) is 31.4. The number of benzene rings is 9. The summed E-state index contributed by atoms with van der Waals surface area (Å²) in [5.41, 5.74) is 14.1. The first kappa shape index (κ1) is 31.4. The Kier molecular flexibility index (Phi) is 6.41. The first-order valence-electron chi connectivity index (χ1n) is 19.9. The standard InChI is InChI=1S/C54H34N4/c1-2-14-35(15-3-1)55-47-21-9-6-18-41(47)44-30-27-38(34-53(44)55)58-50-24-12-7-19-42(50)45-29-26-37(33-54(45)58)57-51-25-13-8-20-43(51)46-32-36(28-31-52(46)57)56-48-22-10-4-16-39(48)40-17-5-11-23-49(40)56/h1-34H. The van der Waals surface area contributed by atoms with Crippen molar-refractivity contribution in [3.8, 4) is 22.7 Å². The van der Waals surface area contributed by atoms with E-state index in [0.717, 1.165) is 22.7 Å². The second kappa shape index (κ2) is 11.8. The van der Waals surface area contributed by atoms with Crippen molar-refractivity contribution in [1.29, 1.82) is 0 Å². The number of para-hydroxylation sites is 6. The lowest BCUT2D eigenvalue weighted by molar-refractivity contribution is 1.14. The molecule has 270 valence electrons. The Morgan fingerprint density at radius 3 is 0.914 bits per heavy atom. The Bertz CT molecular complexity index is 3740. The Balaban J connectivity index is 1.05. The smallest absolute Gasteiger partial charge is 0.0561 e. The highest BCUT2D eigenvalue weighted by molar-refractivity contribution is 6.14. The fourth-order valence-electron chi connectivity index (χ4n) is 9.91. The van der Waals surface area contributed by atoms with Crippen molar-refractivity contribution in [3.63, 3.8) is 0 Å². The third kappa shape index (κ3) is 4.29. The van der Waals surface area contributed by atoms with Crippen molar-refractivity contribution in [2.45, 2.75) is 0 Å². The molecule has 0 fully saturated rings. The summed E-state index contributed by atoms with van der Waals surface area (Å²) in [5.74, 6) is 0. The minimum absolute atomic E-state index is 1.13. The van der Waals surface area contributed by atoms with Gasteiger partial charge in [0.25, 0.3) is 0 Å². The first-order valence-corrected chi connectivity index (χ1v) is 19.9. The summed E-state index contributed by atoms with van der Waals surface area (Å²) in [6.07, 6.45) is 0. The van der Waals surface area contributed by atoms with Gasteiger partial charge >= 0.3 is 0 Å². The Morgan fingerprint density at radius 1 is 0.172 bits per heavy atom. The molecule has 4 heteroatoms. The Hall–Kier alpha value is -7.82. The molecule has 4 aromatic heterocycles. The molecule has 0 unspecified atom stereocenters. The van der Waals surface area contributed by atoms with Crippen LogP contribution in [0.25, 0.3) is 110 Å². The van der Waals surface area contributed by atoms with Crippen LogP contribution in [0.3, 0.4) is 0 Å². The summed E-state index contributed by atoms with van der Waals surface area (Å²) in [5, 5.41) is 9.98. The third-order valence-electron chi connectivity index (χ3n) is 12.3. The number of fused-ring (bicyclic) bond motifs is 12. The molecule has 4 heterocycles. The molecule has 58 heavy (non-hydrogen) atoms. The molecule has 9 aromatic carbocycles. The normalized spacial score (nSPS) is 12.1. The van der Waals surface area contributed by atoms with Crippen LogP contribution in [0.15, 0.2) is 206 Å². The van der Waals surface area contributed by atoms with Gasteiger partial charge in [0.15, 0.2) is 0 Å². The van der Waals surface area contributed by atoms with Gasteiger partial charge in [-0.05, 0) is 84.9 Å². The lowest BCUT2D eigenvalue weighted by atomic mass is 10.1. The predicted octanol–water partition coefficient (Wildman–Crippen LogP) is 14.1. The number of aromatic nitrogens is 4. The van der Waals surface area contributed by atoms with Crippen LogP contribution < -0.4 is 0 Å². The lowest BCUT2D eigenvalue weighted by Crippen LogP contribution is -1.98. The molecule has 0 aliphatic heterocycles. The minimum atomic E-state index is 1.13. The minimum Gasteiger partial charge on any atom is -0.309 e. The summed E-state index contributed by atoms with van der Waals surface area (Å²) in [6, 6.07) is 75.5. The highest BCUT2D eigenvalue weighted by atomic mass is 15.0. The Morgan fingerprint density at radius 2 is 0.466 bits per heavy atom. The number of rotatable bonds is 4. The fraction of sp³-hybridized carbons (Fsp3) is 0. The Labute approximate surface area is 333 Å². The molecular formula is C54H34N4. The molecule has 13 aromatic rings. The van der Waals surface area contributed by atoms with Gasteiger partial charge in [-0.2, -0.15) is 0 Å². The largest absolute Gasteiger partial charge is 0.309 e. The highest BCUT2D eigenvalue weighted by Gasteiger charge is 2.20. The van der Waals surface area contributed by atoms with Crippen LogP contribution in [0.1, 0.15) is 0 Å². The van der Waals surface area contributed by atoms with Gasteiger partial charge < -0.3 is 18.3 Å². The maximum absolute atomic E-state index is 2.45. The molecule has 0 aliphatic carbocycles. The predicted molar refractivity (Wildman–Crippen MR) is 244 cm³/mol. The van der Waals surface area contributed by atoms with Crippen molar-refractivity contribution < 1.29 is 0 Å². The molecule has 13 rings (SSSR count). The number of hydrogen-bond donors (Lipinski definition) is 0. The zero-order chi connectivity index (χ0) is 37.9. The van der Waals surface area contributed by atoms with E-state index in [0.29, 0.717) is 0 Å². The molecule has 0 N–H and O–H groups in total. The fourth-order valence-corrected chi connectivity index (χ4v) is 9.91. The van der Waals surface area contributed by atoms with Crippen LogP contribution in [0, 0.1) is 0 Å². The summed E-state index contributed by atoms with van der Waals surface area (Å²) >= 11 is 0. The summed E-state index contributed by atoms with van der Waals surface area (Å²) in [6.45, 7) is 0. The number of nitrogens with zero attached hydrogens (tertiary/aromatic N) is 4. The van der Waals surface area contributed by atoms with E-state index >= 15 is 0 Å². The second-order valence-electron chi connectivity index (χ2n) is 15.4. The molecule has 4 nitrogen and oxygen atoms in total. The van der Waals surface area contributed by atoms with Gasteiger partial charge in [0, 0.05) is 65.8 Å². The SMILES string of the molecule is c1ccc(-n2c3ccccc3c3ccc(-n4c5ccccc5c5ccc(-n6c7ccccc7c7cc(-n8c9ccccc9c9ccccc98)ccc76)cc54)cc32)cc1. The lowest BCUT2D eigenvalue weighted by Gasteiger charge is -2.13. The van der Waals surface area contributed by atoms with E-state index < -0.39 is 0 Å². The van der Waals surface area contributed by atoms with Crippen LogP contribution in [0.4, 0.5) is 0 Å². The molecular weight excluding hydrogens is 705 g/mol. The molecule has 0 radical (unpaired) electrons. The van der Waals surface area contributed by atoms with Crippen molar-refractivity contribution in [1.82, 2.24) is 18.3 Å². The molecule has 0 spiro atoms. The van der Waals surface area contributed by atoms with E-state index in [9.17, 15) is 0 Å². The molecule has 0 bridgehead atoms.